The number of fused-ring (bicyclic) bond motifs is 1. The highest BCUT2D eigenvalue weighted by molar-refractivity contribution is 7.91. The molecular weight excluding hydrogens is 350 g/mol. The quantitative estimate of drug-likeness (QED) is 0.770. The highest BCUT2D eigenvalue weighted by atomic mass is 32.2. The predicted octanol–water partition coefficient (Wildman–Crippen LogP) is 2.68. The number of amides is 1. The molecule has 0 radical (unpaired) electrons. The summed E-state index contributed by atoms with van der Waals surface area (Å²) in [6.07, 6.45) is 2.28. The van der Waals surface area contributed by atoms with Crippen molar-refractivity contribution < 1.29 is 13.2 Å². The van der Waals surface area contributed by atoms with Gasteiger partial charge in [-0.3, -0.25) is 9.20 Å². The molecule has 0 spiro atoms. The second-order valence-electron chi connectivity index (χ2n) is 6.70. The molecule has 1 amide bonds. The van der Waals surface area contributed by atoms with E-state index in [2.05, 4.69) is 10.3 Å². The first-order chi connectivity index (χ1) is 12.4. The monoisotopic (exact) mass is 369 g/mol. The van der Waals surface area contributed by atoms with Crippen molar-refractivity contribution in [2.45, 2.75) is 13.3 Å². The lowest BCUT2D eigenvalue weighted by molar-refractivity contribution is -0.119. The lowest BCUT2D eigenvalue weighted by atomic mass is 10.1. The van der Waals surface area contributed by atoms with E-state index in [-0.39, 0.29) is 17.4 Å². The number of carbonyl (C=O) groups excluding carboxylic acids is 1. The molecule has 3 heterocycles. The van der Waals surface area contributed by atoms with Crippen LogP contribution in [0.1, 0.15) is 12.0 Å². The first-order valence-corrected chi connectivity index (χ1v) is 10.3. The van der Waals surface area contributed by atoms with E-state index in [4.69, 9.17) is 0 Å². The maximum absolute atomic E-state index is 12.7. The zero-order valence-electron chi connectivity index (χ0n) is 14.3. The number of aryl methyl sites for hydroxylation is 1. The number of rotatable bonds is 3. The summed E-state index contributed by atoms with van der Waals surface area (Å²) >= 11 is 0. The van der Waals surface area contributed by atoms with E-state index < -0.39 is 15.8 Å². The normalized spacial score (nSPS) is 18.9. The fraction of sp³-hybridized carbons (Fsp3) is 0.263. The molecule has 0 aliphatic carbocycles. The van der Waals surface area contributed by atoms with Crippen LogP contribution in [0.25, 0.3) is 16.9 Å². The van der Waals surface area contributed by atoms with Crippen molar-refractivity contribution >= 4 is 27.2 Å². The van der Waals surface area contributed by atoms with E-state index in [1.165, 1.54) is 0 Å². The summed E-state index contributed by atoms with van der Waals surface area (Å²) < 4.78 is 25.2. The predicted molar refractivity (Wildman–Crippen MR) is 101 cm³/mol. The number of nitrogens with one attached hydrogen (secondary N) is 1. The molecule has 1 fully saturated rings. The van der Waals surface area contributed by atoms with E-state index in [0.717, 1.165) is 16.8 Å². The van der Waals surface area contributed by atoms with Gasteiger partial charge >= 0.3 is 0 Å². The molecular formula is C19H19N3O3S. The summed E-state index contributed by atoms with van der Waals surface area (Å²) in [5.41, 5.74) is 3.32. The van der Waals surface area contributed by atoms with Gasteiger partial charge in [0.15, 0.2) is 9.84 Å². The zero-order valence-corrected chi connectivity index (χ0v) is 15.2. The maximum atomic E-state index is 12.7. The van der Waals surface area contributed by atoms with Gasteiger partial charge < -0.3 is 5.32 Å². The Balaban J connectivity index is 1.77. The van der Waals surface area contributed by atoms with Crippen molar-refractivity contribution in [3.63, 3.8) is 0 Å². The van der Waals surface area contributed by atoms with Crippen molar-refractivity contribution in [1.29, 1.82) is 0 Å². The molecule has 0 saturated carbocycles. The van der Waals surface area contributed by atoms with Crippen LogP contribution in [-0.4, -0.2) is 35.2 Å². The van der Waals surface area contributed by atoms with E-state index >= 15 is 0 Å². The number of sulfone groups is 1. The minimum atomic E-state index is -3.11. The van der Waals surface area contributed by atoms with Crippen LogP contribution in [-0.2, 0) is 14.6 Å². The largest absolute Gasteiger partial charge is 0.310 e. The van der Waals surface area contributed by atoms with Gasteiger partial charge in [0.05, 0.1) is 17.4 Å². The van der Waals surface area contributed by atoms with Gasteiger partial charge in [-0.15, -0.1) is 0 Å². The Morgan fingerprint density at radius 1 is 1.19 bits per heavy atom. The van der Waals surface area contributed by atoms with Gasteiger partial charge in [-0.2, -0.15) is 0 Å². The lowest BCUT2D eigenvalue weighted by Gasteiger charge is -2.11. The van der Waals surface area contributed by atoms with Crippen LogP contribution in [0.5, 0.6) is 0 Å². The van der Waals surface area contributed by atoms with Crippen molar-refractivity contribution in [2.75, 3.05) is 16.8 Å². The van der Waals surface area contributed by atoms with E-state index in [1.807, 2.05) is 60.0 Å². The molecule has 1 saturated heterocycles. The third-order valence-corrected chi connectivity index (χ3v) is 6.43. The fourth-order valence-corrected chi connectivity index (χ4v) is 5.03. The lowest BCUT2D eigenvalue weighted by Crippen LogP contribution is -2.24. The number of imidazole rings is 1. The van der Waals surface area contributed by atoms with Crippen molar-refractivity contribution in [2.24, 2.45) is 5.92 Å². The molecule has 1 aliphatic heterocycles. The molecule has 134 valence electrons. The summed E-state index contributed by atoms with van der Waals surface area (Å²) in [5, 5.41) is 2.94. The summed E-state index contributed by atoms with van der Waals surface area (Å²) in [7, 11) is -3.11. The molecule has 0 unspecified atom stereocenters. The van der Waals surface area contributed by atoms with Crippen molar-refractivity contribution in [1.82, 2.24) is 9.38 Å². The molecule has 4 rings (SSSR count). The Morgan fingerprint density at radius 2 is 1.96 bits per heavy atom. The Morgan fingerprint density at radius 3 is 2.65 bits per heavy atom. The molecule has 1 atom stereocenters. The summed E-state index contributed by atoms with van der Waals surface area (Å²) in [6.45, 7) is 1.97. The standard InChI is InChI=1S/C19H19N3O3S/c1-13-7-8-16-20-17(14-5-3-2-4-6-14)18(22(16)11-13)21-19(23)15-9-10-26(24,25)12-15/h2-8,11,15H,9-10,12H2,1H3,(H,21,23)/t15-/m1/s1. The van der Waals surface area contributed by atoms with Crippen LogP contribution >= 0.6 is 0 Å². The third-order valence-electron chi connectivity index (χ3n) is 4.66. The summed E-state index contributed by atoms with van der Waals surface area (Å²) in [4.78, 5) is 17.4. The number of nitrogens with zero attached hydrogens (tertiary/aromatic N) is 2. The molecule has 6 nitrogen and oxygen atoms in total. The highest BCUT2D eigenvalue weighted by Crippen LogP contribution is 2.30. The van der Waals surface area contributed by atoms with Crippen LogP contribution in [0, 0.1) is 12.8 Å². The highest BCUT2D eigenvalue weighted by Gasteiger charge is 2.33. The summed E-state index contributed by atoms with van der Waals surface area (Å²) in [6, 6.07) is 13.5. The second kappa shape index (κ2) is 6.25. The molecule has 1 aliphatic rings. The number of pyridine rings is 1. The van der Waals surface area contributed by atoms with Crippen LogP contribution in [0.15, 0.2) is 48.7 Å². The molecule has 0 bridgehead atoms. The van der Waals surface area contributed by atoms with Gasteiger partial charge in [0, 0.05) is 11.8 Å². The van der Waals surface area contributed by atoms with Crippen molar-refractivity contribution in [3.05, 3.63) is 54.2 Å². The smallest absolute Gasteiger partial charge is 0.229 e. The molecule has 7 heteroatoms. The topological polar surface area (TPSA) is 80.5 Å². The Labute approximate surface area is 151 Å². The van der Waals surface area contributed by atoms with Crippen molar-refractivity contribution in [3.8, 4) is 11.3 Å². The third kappa shape index (κ3) is 3.10. The molecule has 3 aromatic rings. The zero-order chi connectivity index (χ0) is 18.3. The SMILES string of the molecule is Cc1ccc2nc(-c3ccccc3)c(NC(=O)[C@@H]3CCS(=O)(=O)C3)n2c1. The fourth-order valence-electron chi connectivity index (χ4n) is 3.29. The Hall–Kier alpha value is -2.67. The van der Waals surface area contributed by atoms with Crippen LogP contribution in [0.2, 0.25) is 0 Å². The minimum Gasteiger partial charge on any atom is -0.310 e. The molecule has 2 aromatic heterocycles. The first-order valence-electron chi connectivity index (χ1n) is 8.48. The second-order valence-corrected chi connectivity index (χ2v) is 8.93. The summed E-state index contributed by atoms with van der Waals surface area (Å²) in [5.74, 6) is -0.229. The Kier molecular flexibility index (Phi) is 4.03. The maximum Gasteiger partial charge on any atom is 0.229 e. The molecule has 26 heavy (non-hydrogen) atoms. The average molecular weight is 369 g/mol. The van der Waals surface area contributed by atoms with Gasteiger partial charge in [-0.05, 0) is 25.0 Å². The number of hydrogen-bond donors (Lipinski definition) is 1. The van der Waals surface area contributed by atoms with Gasteiger partial charge in [0.1, 0.15) is 17.2 Å². The minimum absolute atomic E-state index is 0.0723. The molecule has 1 N–H and O–H groups in total. The van der Waals surface area contributed by atoms with Crippen LogP contribution in [0.4, 0.5) is 5.82 Å². The van der Waals surface area contributed by atoms with E-state index in [9.17, 15) is 13.2 Å². The van der Waals surface area contributed by atoms with E-state index in [0.29, 0.717) is 17.9 Å². The van der Waals surface area contributed by atoms with E-state index in [1.54, 1.807) is 0 Å². The average Bonchev–Trinajstić information content (AvgIpc) is 3.16. The van der Waals surface area contributed by atoms with Crippen LogP contribution in [0.3, 0.4) is 0 Å². The number of carbonyl (C=O) groups is 1. The van der Waals surface area contributed by atoms with Crippen LogP contribution < -0.4 is 5.32 Å². The van der Waals surface area contributed by atoms with Gasteiger partial charge in [0.25, 0.3) is 0 Å². The molecule has 1 aromatic carbocycles. The van der Waals surface area contributed by atoms with Gasteiger partial charge in [-0.25, -0.2) is 13.4 Å². The number of benzene rings is 1. The number of anilines is 1. The van der Waals surface area contributed by atoms with Gasteiger partial charge in [0.2, 0.25) is 5.91 Å². The number of aromatic nitrogens is 2. The number of hydrogen-bond acceptors (Lipinski definition) is 4. The Bertz CT molecular complexity index is 1090. The van der Waals surface area contributed by atoms with Gasteiger partial charge in [-0.1, -0.05) is 36.4 Å². The first kappa shape index (κ1) is 16.8.